The smallest absolute Gasteiger partial charge is 0.0528 e. The molecule has 0 bridgehead atoms. The largest absolute Gasteiger partial charge is 0.102 e. The summed E-state index contributed by atoms with van der Waals surface area (Å²) in [5.41, 5.74) is 0. The highest BCUT2D eigenvalue weighted by Gasteiger charge is 2.16. The van der Waals surface area contributed by atoms with Gasteiger partial charge in [-0.25, -0.2) is 0 Å². The van der Waals surface area contributed by atoms with Gasteiger partial charge in [0.1, 0.15) is 0 Å². The number of hydrogen-bond acceptors (Lipinski definition) is 0. The van der Waals surface area contributed by atoms with Gasteiger partial charge in [-0.05, 0) is 6.42 Å². The molecule has 0 nitrogen and oxygen atoms in total. The molecule has 8 heavy (non-hydrogen) atoms. The minimum Gasteiger partial charge on any atom is -0.102 e. The van der Waals surface area contributed by atoms with E-state index in [0.717, 1.165) is 11.8 Å². The molecule has 0 saturated heterocycles. The summed E-state index contributed by atoms with van der Waals surface area (Å²) in [6.07, 6.45) is 2.99. The monoisotopic (exact) mass is 240 g/mol. The van der Waals surface area contributed by atoms with Gasteiger partial charge in [0.15, 0.2) is 0 Å². The fourth-order valence-electron chi connectivity index (χ4n) is 0.293. The van der Waals surface area contributed by atoms with Crippen molar-refractivity contribution in [3.8, 4) is 0 Å². The van der Waals surface area contributed by atoms with Crippen molar-refractivity contribution in [2.75, 3.05) is 5.33 Å². The molecule has 0 fully saturated rings. The van der Waals surface area contributed by atoms with E-state index < -0.39 is 0 Å². The van der Waals surface area contributed by atoms with Gasteiger partial charge in [-0.3, -0.25) is 0 Å². The molecule has 1 unspecified atom stereocenters. The first-order chi connectivity index (χ1) is 3.68. The van der Waals surface area contributed by atoms with Crippen LogP contribution in [0.1, 0.15) is 13.3 Å². The molecular formula is C6H10Br2. The maximum absolute atomic E-state index is 3.70. The summed E-state index contributed by atoms with van der Waals surface area (Å²) in [6, 6.07) is 0. The summed E-state index contributed by atoms with van der Waals surface area (Å²) in [6.45, 7) is 5.82. The maximum atomic E-state index is 3.70. The van der Waals surface area contributed by atoms with Gasteiger partial charge in [0.2, 0.25) is 0 Å². The summed E-state index contributed by atoms with van der Waals surface area (Å²) in [5.74, 6) is 0. The summed E-state index contributed by atoms with van der Waals surface area (Å²) >= 11 is 6.89. The van der Waals surface area contributed by atoms with Crippen molar-refractivity contribution in [2.24, 2.45) is 0 Å². The van der Waals surface area contributed by atoms with Crippen LogP contribution < -0.4 is 0 Å². The Kier molecular flexibility index (Phi) is 4.00. The Balaban J connectivity index is 3.76. The lowest BCUT2D eigenvalue weighted by Gasteiger charge is -2.16. The van der Waals surface area contributed by atoms with Crippen LogP contribution >= 0.6 is 31.9 Å². The highest BCUT2D eigenvalue weighted by atomic mass is 79.9. The second kappa shape index (κ2) is 3.67. The lowest BCUT2D eigenvalue weighted by Crippen LogP contribution is -2.16. The van der Waals surface area contributed by atoms with Gasteiger partial charge in [-0.1, -0.05) is 44.9 Å². The molecule has 1 atom stereocenters. The minimum absolute atomic E-state index is 0.118. The molecule has 0 saturated carbocycles. The lowest BCUT2D eigenvalue weighted by atomic mass is 10.1. The molecular weight excluding hydrogens is 232 g/mol. The molecule has 2 heteroatoms. The van der Waals surface area contributed by atoms with Crippen LogP contribution in [0.4, 0.5) is 0 Å². The molecule has 0 spiro atoms. The van der Waals surface area contributed by atoms with Crippen LogP contribution in [-0.2, 0) is 0 Å². The molecule has 0 radical (unpaired) electrons. The molecule has 0 aromatic rings. The van der Waals surface area contributed by atoms with E-state index in [2.05, 4.69) is 45.4 Å². The van der Waals surface area contributed by atoms with Crippen LogP contribution in [0, 0.1) is 0 Å². The SMILES string of the molecule is C=CC(Br)(CC)CBr. The Bertz CT molecular complexity index is 74.6. The first kappa shape index (κ1) is 8.70. The van der Waals surface area contributed by atoms with E-state index in [1.165, 1.54) is 0 Å². The molecule has 0 rings (SSSR count). The molecule has 0 amide bonds. The highest BCUT2D eigenvalue weighted by Crippen LogP contribution is 2.25. The standard InChI is InChI=1S/C6H10Br2/c1-3-6(8,4-2)5-7/h3H,1,4-5H2,2H3. The Morgan fingerprint density at radius 3 is 2.25 bits per heavy atom. The summed E-state index contributed by atoms with van der Waals surface area (Å²) in [5, 5.41) is 0.931. The normalized spacial score (nSPS) is 17.4. The topological polar surface area (TPSA) is 0 Å². The first-order valence-corrected chi connectivity index (χ1v) is 4.48. The van der Waals surface area contributed by atoms with Crippen molar-refractivity contribution < 1.29 is 0 Å². The van der Waals surface area contributed by atoms with Crippen molar-refractivity contribution in [1.82, 2.24) is 0 Å². The van der Waals surface area contributed by atoms with Gasteiger partial charge in [0.05, 0.1) is 4.32 Å². The fourth-order valence-corrected chi connectivity index (χ4v) is 0.919. The average Bonchev–Trinajstić information content (AvgIpc) is 1.87. The van der Waals surface area contributed by atoms with Crippen molar-refractivity contribution in [1.29, 1.82) is 0 Å². The van der Waals surface area contributed by atoms with Gasteiger partial charge >= 0.3 is 0 Å². The van der Waals surface area contributed by atoms with Gasteiger partial charge < -0.3 is 0 Å². The molecule has 0 N–H and O–H groups in total. The quantitative estimate of drug-likeness (QED) is 0.526. The van der Waals surface area contributed by atoms with Gasteiger partial charge in [-0.2, -0.15) is 0 Å². The molecule has 0 heterocycles. The predicted molar refractivity (Wildman–Crippen MR) is 45.9 cm³/mol. The van der Waals surface area contributed by atoms with Crippen molar-refractivity contribution in [3.05, 3.63) is 12.7 Å². The third-order valence-corrected chi connectivity index (χ3v) is 4.09. The second-order valence-corrected chi connectivity index (χ2v) is 3.87. The summed E-state index contributed by atoms with van der Waals surface area (Å²) in [7, 11) is 0. The Morgan fingerprint density at radius 1 is 1.75 bits per heavy atom. The third kappa shape index (κ3) is 2.31. The van der Waals surface area contributed by atoms with Crippen molar-refractivity contribution in [2.45, 2.75) is 17.7 Å². The third-order valence-electron chi connectivity index (χ3n) is 1.18. The molecule has 0 aromatic carbocycles. The predicted octanol–water partition coefficient (Wildman–Crippen LogP) is 3.11. The van der Waals surface area contributed by atoms with Crippen LogP contribution in [0.25, 0.3) is 0 Å². The van der Waals surface area contributed by atoms with E-state index in [0.29, 0.717) is 0 Å². The van der Waals surface area contributed by atoms with E-state index in [4.69, 9.17) is 0 Å². The molecule has 0 aromatic heterocycles. The van der Waals surface area contributed by atoms with Crippen LogP contribution in [0.15, 0.2) is 12.7 Å². The molecule has 0 aliphatic rings. The zero-order valence-electron chi connectivity index (χ0n) is 4.95. The van der Waals surface area contributed by atoms with Crippen LogP contribution in [0.2, 0.25) is 0 Å². The molecule has 0 aliphatic heterocycles. The van der Waals surface area contributed by atoms with E-state index in [1.54, 1.807) is 0 Å². The van der Waals surface area contributed by atoms with Gasteiger partial charge in [-0.15, -0.1) is 6.58 Å². The Morgan fingerprint density at radius 2 is 2.25 bits per heavy atom. The van der Waals surface area contributed by atoms with Crippen LogP contribution in [0.3, 0.4) is 0 Å². The first-order valence-electron chi connectivity index (χ1n) is 2.57. The zero-order chi connectivity index (χ0) is 6.62. The van der Waals surface area contributed by atoms with Crippen LogP contribution in [-0.4, -0.2) is 9.65 Å². The van der Waals surface area contributed by atoms with E-state index in [-0.39, 0.29) is 4.32 Å². The zero-order valence-corrected chi connectivity index (χ0v) is 8.13. The average molecular weight is 242 g/mol. The van der Waals surface area contributed by atoms with Gasteiger partial charge in [0.25, 0.3) is 0 Å². The summed E-state index contributed by atoms with van der Waals surface area (Å²) < 4.78 is 0.118. The lowest BCUT2D eigenvalue weighted by molar-refractivity contribution is 0.789. The number of hydrogen-bond donors (Lipinski definition) is 0. The van der Waals surface area contributed by atoms with Gasteiger partial charge in [0, 0.05) is 5.33 Å². The second-order valence-electron chi connectivity index (χ2n) is 1.73. The minimum atomic E-state index is 0.118. The fraction of sp³-hybridized carbons (Fsp3) is 0.667. The number of rotatable bonds is 3. The Labute approximate surface area is 67.6 Å². The van der Waals surface area contributed by atoms with E-state index in [9.17, 15) is 0 Å². The number of alkyl halides is 2. The molecule has 48 valence electrons. The molecule has 0 aliphatic carbocycles. The summed E-state index contributed by atoms with van der Waals surface area (Å²) in [4.78, 5) is 0. The Hall–Kier alpha value is 0.700. The van der Waals surface area contributed by atoms with E-state index >= 15 is 0 Å². The number of allylic oxidation sites excluding steroid dienone is 1. The van der Waals surface area contributed by atoms with Crippen LogP contribution in [0.5, 0.6) is 0 Å². The highest BCUT2D eigenvalue weighted by molar-refractivity contribution is 9.12. The van der Waals surface area contributed by atoms with E-state index in [1.807, 2.05) is 6.08 Å². The maximum Gasteiger partial charge on any atom is 0.0528 e. The van der Waals surface area contributed by atoms with Crippen molar-refractivity contribution in [3.63, 3.8) is 0 Å². The van der Waals surface area contributed by atoms with Crippen molar-refractivity contribution >= 4 is 31.9 Å². The number of halogens is 2.